The molecule has 3 aromatic carbocycles. The van der Waals surface area contributed by atoms with E-state index in [9.17, 15) is 14.7 Å². The second-order valence-corrected chi connectivity index (χ2v) is 10.2. The maximum atomic E-state index is 13.1. The molecule has 0 aliphatic rings. The number of hydrogen-bond donors (Lipinski definition) is 2. The Morgan fingerprint density at radius 3 is 2.27 bits per heavy atom. The third-order valence-electron chi connectivity index (χ3n) is 6.28. The molecule has 0 radical (unpaired) electrons. The summed E-state index contributed by atoms with van der Waals surface area (Å²) in [4.78, 5) is 34.8. The first-order chi connectivity index (χ1) is 19.4. The average Bonchev–Trinajstić information content (AvgIpc) is 2.96. The SMILES string of the molecule is Cc1cc(C)nc(SCc2ccc(C(=O)N/N=C/c3c(O)n(Cc4ccccc4)c(=O)c4ccccc34)cc2)n1. The van der Waals surface area contributed by atoms with Crippen molar-refractivity contribution in [1.29, 1.82) is 0 Å². The lowest BCUT2D eigenvalue weighted by atomic mass is 10.1. The van der Waals surface area contributed by atoms with Crippen LogP contribution < -0.4 is 11.0 Å². The number of rotatable bonds is 8. The summed E-state index contributed by atoms with van der Waals surface area (Å²) in [5.41, 5.74) is 6.76. The molecule has 5 aromatic rings. The maximum Gasteiger partial charge on any atom is 0.271 e. The first-order valence-corrected chi connectivity index (χ1v) is 13.6. The van der Waals surface area contributed by atoms with Gasteiger partial charge in [0.25, 0.3) is 11.5 Å². The van der Waals surface area contributed by atoms with E-state index in [1.165, 1.54) is 22.5 Å². The molecule has 0 aliphatic heterocycles. The quantitative estimate of drug-likeness (QED) is 0.119. The minimum Gasteiger partial charge on any atom is -0.494 e. The molecule has 0 bridgehead atoms. The zero-order valence-corrected chi connectivity index (χ0v) is 22.9. The molecular weight excluding hydrogens is 522 g/mol. The van der Waals surface area contributed by atoms with Crippen molar-refractivity contribution in [2.75, 3.05) is 0 Å². The van der Waals surface area contributed by atoms with Crippen LogP contribution in [0.5, 0.6) is 5.88 Å². The number of carbonyl (C=O) groups is 1. The Morgan fingerprint density at radius 2 is 1.57 bits per heavy atom. The molecule has 0 unspecified atom stereocenters. The van der Waals surface area contributed by atoms with Gasteiger partial charge in [-0.2, -0.15) is 5.10 Å². The summed E-state index contributed by atoms with van der Waals surface area (Å²) in [6.07, 6.45) is 1.37. The Bertz CT molecular complexity index is 1750. The first kappa shape index (κ1) is 26.8. The van der Waals surface area contributed by atoms with E-state index in [0.29, 0.717) is 27.7 Å². The topological polar surface area (TPSA) is 109 Å². The summed E-state index contributed by atoms with van der Waals surface area (Å²) in [6.45, 7) is 4.09. The monoisotopic (exact) mass is 549 g/mol. The highest BCUT2D eigenvalue weighted by Gasteiger charge is 2.15. The van der Waals surface area contributed by atoms with Crippen molar-refractivity contribution in [1.82, 2.24) is 20.0 Å². The van der Waals surface area contributed by atoms with Crippen LogP contribution in [0.4, 0.5) is 0 Å². The van der Waals surface area contributed by atoms with Gasteiger partial charge < -0.3 is 5.11 Å². The fraction of sp³-hybridized carbons (Fsp3) is 0.129. The number of thioether (sulfide) groups is 1. The van der Waals surface area contributed by atoms with Gasteiger partial charge in [0.15, 0.2) is 5.16 Å². The van der Waals surface area contributed by atoms with Crippen LogP contribution in [-0.2, 0) is 12.3 Å². The standard InChI is InChI=1S/C31H27N5O3S/c1-20-16-21(2)34-31(33-20)40-19-23-12-14-24(15-13-23)28(37)35-32-17-27-25-10-6-7-11-26(25)29(38)36(30(27)39)18-22-8-4-3-5-9-22/h3-17,39H,18-19H2,1-2H3,(H,35,37)/b32-17+. The molecule has 0 saturated heterocycles. The highest BCUT2D eigenvalue weighted by Crippen LogP contribution is 2.24. The van der Waals surface area contributed by atoms with E-state index >= 15 is 0 Å². The van der Waals surface area contributed by atoms with Crippen LogP contribution in [0.3, 0.4) is 0 Å². The van der Waals surface area contributed by atoms with Gasteiger partial charge >= 0.3 is 0 Å². The zero-order chi connectivity index (χ0) is 28.1. The molecule has 1 amide bonds. The van der Waals surface area contributed by atoms with Gasteiger partial charge in [-0.3, -0.25) is 14.2 Å². The smallest absolute Gasteiger partial charge is 0.271 e. The predicted octanol–water partition coefficient (Wildman–Crippen LogP) is 5.22. The van der Waals surface area contributed by atoms with Gasteiger partial charge in [-0.05, 0) is 49.2 Å². The van der Waals surface area contributed by atoms with Crippen LogP contribution in [0.2, 0.25) is 0 Å². The van der Waals surface area contributed by atoms with Crippen LogP contribution in [-0.4, -0.2) is 31.8 Å². The van der Waals surface area contributed by atoms with E-state index in [4.69, 9.17) is 0 Å². The number of aryl methyl sites for hydroxylation is 2. The normalized spacial score (nSPS) is 11.2. The minimum absolute atomic E-state index is 0.198. The molecule has 200 valence electrons. The summed E-state index contributed by atoms with van der Waals surface area (Å²) >= 11 is 1.54. The summed E-state index contributed by atoms with van der Waals surface area (Å²) in [5.74, 6) is 0.0586. The Hall–Kier alpha value is -4.76. The molecule has 8 nitrogen and oxygen atoms in total. The number of aromatic nitrogens is 3. The van der Waals surface area contributed by atoms with E-state index in [-0.39, 0.29) is 18.0 Å². The van der Waals surface area contributed by atoms with E-state index in [0.717, 1.165) is 27.7 Å². The largest absolute Gasteiger partial charge is 0.494 e. The minimum atomic E-state index is -0.394. The van der Waals surface area contributed by atoms with Gasteiger partial charge in [0, 0.05) is 33.5 Å². The molecule has 9 heteroatoms. The Morgan fingerprint density at radius 1 is 0.925 bits per heavy atom. The van der Waals surface area contributed by atoms with E-state index < -0.39 is 5.91 Å². The van der Waals surface area contributed by atoms with Crippen molar-refractivity contribution < 1.29 is 9.90 Å². The number of nitrogens with zero attached hydrogens (tertiary/aromatic N) is 4. The van der Waals surface area contributed by atoms with E-state index in [2.05, 4.69) is 20.5 Å². The first-order valence-electron chi connectivity index (χ1n) is 12.6. The van der Waals surface area contributed by atoms with Crippen LogP contribution in [0.25, 0.3) is 10.8 Å². The molecule has 5 rings (SSSR count). The van der Waals surface area contributed by atoms with Crippen molar-refractivity contribution in [3.63, 3.8) is 0 Å². The highest BCUT2D eigenvalue weighted by atomic mass is 32.2. The molecule has 0 fully saturated rings. The van der Waals surface area contributed by atoms with Gasteiger partial charge in [-0.25, -0.2) is 15.4 Å². The number of pyridine rings is 1. The molecule has 0 atom stereocenters. The Balaban J connectivity index is 1.31. The van der Waals surface area contributed by atoms with Crippen molar-refractivity contribution in [3.05, 3.63) is 129 Å². The van der Waals surface area contributed by atoms with Gasteiger partial charge in [0.2, 0.25) is 5.88 Å². The summed E-state index contributed by atoms with van der Waals surface area (Å²) in [5, 5.41) is 16.9. The van der Waals surface area contributed by atoms with Crippen LogP contribution in [0.1, 0.15) is 38.4 Å². The number of fused-ring (bicyclic) bond motifs is 1. The average molecular weight is 550 g/mol. The Kier molecular flexibility index (Phi) is 8.02. The van der Waals surface area contributed by atoms with Crippen molar-refractivity contribution in [3.8, 4) is 5.88 Å². The molecule has 0 aliphatic carbocycles. The number of amides is 1. The molecule has 2 heterocycles. The van der Waals surface area contributed by atoms with Gasteiger partial charge in [0.1, 0.15) is 0 Å². The number of hydrazone groups is 1. The molecule has 2 aromatic heterocycles. The fourth-order valence-electron chi connectivity index (χ4n) is 4.33. The maximum absolute atomic E-state index is 13.1. The number of benzene rings is 3. The molecule has 0 saturated carbocycles. The lowest BCUT2D eigenvalue weighted by Gasteiger charge is -2.13. The Labute approximate surface area is 235 Å². The van der Waals surface area contributed by atoms with E-state index in [1.807, 2.05) is 62.4 Å². The molecule has 2 N–H and O–H groups in total. The van der Waals surface area contributed by atoms with Crippen molar-refractivity contribution in [2.45, 2.75) is 31.3 Å². The third-order valence-corrected chi connectivity index (χ3v) is 7.20. The summed E-state index contributed by atoms with van der Waals surface area (Å²) < 4.78 is 1.31. The van der Waals surface area contributed by atoms with Gasteiger partial charge in [0.05, 0.1) is 18.3 Å². The lowest BCUT2D eigenvalue weighted by molar-refractivity contribution is 0.0955. The third kappa shape index (κ3) is 6.10. The molecule has 40 heavy (non-hydrogen) atoms. The number of nitrogens with one attached hydrogen (secondary N) is 1. The summed E-state index contributed by atoms with van der Waals surface area (Å²) in [6, 6.07) is 25.6. The van der Waals surface area contributed by atoms with E-state index in [1.54, 1.807) is 36.4 Å². The van der Waals surface area contributed by atoms with Crippen LogP contribution >= 0.6 is 11.8 Å². The van der Waals surface area contributed by atoms with Crippen LogP contribution in [0.15, 0.2) is 100.0 Å². The van der Waals surface area contributed by atoms with Gasteiger partial charge in [-0.15, -0.1) is 0 Å². The second kappa shape index (κ2) is 12.0. The highest BCUT2D eigenvalue weighted by molar-refractivity contribution is 7.98. The van der Waals surface area contributed by atoms with Crippen molar-refractivity contribution in [2.24, 2.45) is 5.10 Å². The molecular formula is C31H27N5O3S. The zero-order valence-electron chi connectivity index (χ0n) is 22.0. The number of aromatic hydroxyl groups is 1. The van der Waals surface area contributed by atoms with Crippen molar-refractivity contribution >= 4 is 34.7 Å². The number of hydrogen-bond acceptors (Lipinski definition) is 7. The second-order valence-electron chi connectivity index (χ2n) is 9.28. The lowest BCUT2D eigenvalue weighted by Crippen LogP contribution is -2.23. The fourth-order valence-corrected chi connectivity index (χ4v) is 5.24. The van der Waals surface area contributed by atoms with Crippen LogP contribution in [0, 0.1) is 13.8 Å². The number of carbonyl (C=O) groups excluding carboxylic acids is 1. The van der Waals surface area contributed by atoms with Gasteiger partial charge in [-0.1, -0.05) is 72.4 Å². The summed E-state index contributed by atoms with van der Waals surface area (Å²) in [7, 11) is 0. The predicted molar refractivity (Wildman–Crippen MR) is 158 cm³/mol. The molecule has 0 spiro atoms.